The number of rotatable bonds is 9. The maximum atomic E-state index is 3.65. The lowest BCUT2D eigenvalue weighted by Gasteiger charge is -2.26. The summed E-state index contributed by atoms with van der Waals surface area (Å²) in [6.07, 6.45) is 10.9. The third-order valence-corrected chi connectivity index (χ3v) is 4.71. The average molecular weight is 273 g/mol. The molecule has 1 nitrogen and oxygen atoms in total. The third kappa shape index (κ3) is 4.34. The van der Waals surface area contributed by atoms with Gasteiger partial charge in [-0.25, -0.2) is 0 Å². The van der Waals surface area contributed by atoms with Gasteiger partial charge < -0.3 is 5.32 Å². The molecule has 0 heterocycles. The summed E-state index contributed by atoms with van der Waals surface area (Å²) in [5.74, 6) is 0.853. The van der Waals surface area contributed by atoms with Gasteiger partial charge in [0, 0.05) is 6.04 Å². The molecule has 0 bridgehead atoms. The van der Waals surface area contributed by atoms with Crippen molar-refractivity contribution in [3.63, 3.8) is 0 Å². The zero-order valence-electron chi connectivity index (χ0n) is 13.3. The standard InChI is InChI=1S/C19H31N/c1-3-5-6-7-11-19(20-4-2)18-14-12-17(13-15-18)16-9-8-10-16/h12-16,19-20H,3-11H2,1-2H3. The predicted molar refractivity (Wildman–Crippen MR) is 88.2 cm³/mol. The van der Waals surface area contributed by atoms with Crippen molar-refractivity contribution < 1.29 is 0 Å². The number of hydrogen-bond acceptors (Lipinski definition) is 1. The fourth-order valence-corrected chi connectivity index (χ4v) is 3.15. The Kier molecular flexibility index (Phi) is 6.59. The molecule has 1 aliphatic carbocycles. The molecule has 0 amide bonds. The van der Waals surface area contributed by atoms with E-state index in [2.05, 4.69) is 43.4 Å². The van der Waals surface area contributed by atoms with Gasteiger partial charge >= 0.3 is 0 Å². The first kappa shape index (κ1) is 15.6. The molecule has 1 aromatic rings. The summed E-state index contributed by atoms with van der Waals surface area (Å²) >= 11 is 0. The Hall–Kier alpha value is -0.820. The molecule has 0 spiro atoms. The molecule has 1 heteroatoms. The molecule has 0 saturated heterocycles. The average Bonchev–Trinajstić information content (AvgIpc) is 2.41. The van der Waals surface area contributed by atoms with Crippen molar-refractivity contribution in [3.8, 4) is 0 Å². The van der Waals surface area contributed by atoms with Gasteiger partial charge in [-0.2, -0.15) is 0 Å². The highest BCUT2D eigenvalue weighted by molar-refractivity contribution is 5.28. The van der Waals surface area contributed by atoms with E-state index in [4.69, 9.17) is 0 Å². The highest BCUT2D eigenvalue weighted by atomic mass is 14.9. The van der Waals surface area contributed by atoms with Gasteiger partial charge in [0.05, 0.1) is 0 Å². The minimum atomic E-state index is 0.548. The maximum Gasteiger partial charge on any atom is 0.0320 e. The summed E-state index contributed by atoms with van der Waals surface area (Å²) in [4.78, 5) is 0. The Morgan fingerprint density at radius 1 is 1.05 bits per heavy atom. The highest BCUT2D eigenvalue weighted by Gasteiger charge is 2.19. The maximum absolute atomic E-state index is 3.65. The Balaban J connectivity index is 1.89. The van der Waals surface area contributed by atoms with Crippen LogP contribution in [-0.4, -0.2) is 6.54 Å². The van der Waals surface area contributed by atoms with E-state index < -0.39 is 0 Å². The van der Waals surface area contributed by atoms with Gasteiger partial charge in [-0.05, 0) is 42.9 Å². The van der Waals surface area contributed by atoms with E-state index in [0.717, 1.165) is 12.5 Å². The van der Waals surface area contributed by atoms with Crippen LogP contribution in [0.4, 0.5) is 0 Å². The molecule has 1 N–H and O–H groups in total. The van der Waals surface area contributed by atoms with E-state index in [9.17, 15) is 0 Å². The van der Waals surface area contributed by atoms with Crippen LogP contribution >= 0.6 is 0 Å². The molecule has 112 valence electrons. The molecule has 2 rings (SSSR count). The molecule has 1 saturated carbocycles. The summed E-state index contributed by atoms with van der Waals surface area (Å²) < 4.78 is 0. The Labute approximate surface area is 125 Å². The second-order valence-corrected chi connectivity index (χ2v) is 6.25. The van der Waals surface area contributed by atoms with Crippen LogP contribution in [0.1, 0.15) is 88.3 Å². The van der Waals surface area contributed by atoms with E-state index in [1.54, 1.807) is 5.56 Å². The topological polar surface area (TPSA) is 12.0 Å². The highest BCUT2D eigenvalue weighted by Crippen LogP contribution is 2.36. The monoisotopic (exact) mass is 273 g/mol. The van der Waals surface area contributed by atoms with Gasteiger partial charge in [0.2, 0.25) is 0 Å². The van der Waals surface area contributed by atoms with E-state index >= 15 is 0 Å². The fraction of sp³-hybridized carbons (Fsp3) is 0.684. The van der Waals surface area contributed by atoms with Crippen molar-refractivity contribution in [2.45, 2.75) is 77.2 Å². The molecule has 1 fully saturated rings. The van der Waals surface area contributed by atoms with Crippen molar-refractivity contribution >= 4 is 0 Å². The molecular weight excluding hydrogens is 242 g/mol. The van der Waals surface area contributed by atoms with Crippen molar-refractivity contribution in [3.05, 3.63) is 35.4 Å². The van der Waals surface area contributed by atoms with Crippen LogP contribution in [0.15, 0.2) is 24.3 Å². The van der Waals surface area contributed by atoms with Gasteiger partial charge in [-0.15, -0.1) is 0 Å². The van der Waals surface area contributed by atoms with Gasteiger partial charge in [0.15, 0.2) is 0 Å². The molecule has 0 aliphatic heterocycles. The smallest absolute Gasteiger partial charge is 0.0320 e. The lowest BCUT2D eigenvalue weighted by atomic mass is 9.80. The first-order valence-corrected chi connectivity index (χ1v) is 8.68. The summed E-state index contributed by atoms with van der Waals surface area (Å²) in [6.45, 7) is 5.55. The Bertz CT molecular complexity index is 364. The van der Waals surface area contributed by atoms with E-state index in [1.807, 2.05) is 0 Å². The first-order valence-electron chi connectivity index (χ1n) is 8.68. The molecule has 1 atom stereocenters. The van der Waals surface area contributed by atoms with Crippen LogP contribution in [0, 0.1) is 0 Å². The number of nitrogens with one attached hydrogen (secondary N) is 1. The zero-order chi connectivity index (χ0) is 14.2. The fourth-order valence-electron chi connectivity index (χ4n) is 3.15. The summed E-state index contributed by atoms with van der Waals surface area (Å²) in [6, 6.07) is 10.0. The van der Waals surface area contributed by atoms with Gasteiger partial charge in [0.1, 0.15) is 0 Å². The zero-order valence-corrected chi connectivity index (χ0v) is 13.3. The van der Waals surface area contributed by atoms with Gasteiger partial charge in [0.25, 0.3) is 0 Å². The lowest BCUT2D eigenvalue weighted by molar-refractivity contribution is 0.419. The first-order chi connectivity index (χ1) is 9.85. The number of benzene rings is 1. The number of hydrogen-bond donors (Lipinski definition) is 1. The van der Waals surface area contributed by atoms with Crippen molar-refractivity contribution in [2.24, 2.45) is 0 Å². The quantitative estimate of drug-likeness (QED) is 0.579. The summed E-state index contributed by atoms with van der Waals surface area (Å²) in [5, 5.41) is 3.65. The van der Waals surface area contributed by atoms with Crippen LogP contribution in [0.2, 0.25) is 0 Å². The number of unbranched alkanes of at least 4 members (excludes halogenated alkanes) is 3. The van der Waals surface area contributed by atoms with Gasteiger partial charge in [-0.3, -0.25) is 0 Å². The third-order valence-electron chi connectivity index (χ3n) is 4.71. The summed E-state index contributed by atoms with van der Waals surface area (Å²) in [7, 11) is 0. The molecule has 0 radical (unpaired) electrons. The van der Waals surface area contributed by atoms with E-state index in [0.29, 0.717) is 6.04 Å². The second kappa shape index (κ2) is 8.46. The van der Waals surface area contributed by atoms with E-state index in [-0.39, 0.29) is 0 Å². The second-order valence-electron chi connectivity index (χ2n) is 6.25. The Morgan fingerprint density at radius 3 is 2.35 bits per heavy atom. The predicted octanol–water partition coefficient (Wildman–Crippen LogP) is 5.58. The van der Waals surface area contributed by atoms with Crippen molar-refractivity contribution in [2.75, 3.05) is 6.54 Å². The molecule has 20 heavy (non-hydrogen) atoms. The molecule has 1 aliphatic rings. The van der Waals surface area contributed by atoms with Gasteiger partial charge in [-0.1, -0.05) is 70.2 Å². The molecular formula is C19H31N. The van der Waals surface area contributed by atoms with Crippen molar-refractivity contribution in [1.82, 2.24) is 5.32 Å². The SMILES string of the molecule is CCCCCCC(NCC)c1ccc(C2CCC2)cc1. The van der Waals surface area contributed by atoms with Crippen LogP contribution < -0.4 is 5.32 Å². The normalized spacial score (nSPS) is 16.9. The largest absolute Gasteiger partial charge is 0.310 e. The lowest BCUT2D eigenvalue weighted by Crippen LogP contribution is -2.21. The molecule has 0 aromatic heterocycles. The Morgan fingerprint density at radius 2 is 1.80 bits per heavy atom. The van der Waals surface area contributed by atoms with Crippen LogP contribution in [-0.2, 0) is 0 Å². The van der Waals surface area contributed by atoms with Crippen LogP contribution in [0.25, 0.3) is 0 Å². The minimum absolute atomic E-state index is 0.548. The van der Waals surface area contributed by atoms with Crippen molar-refractivity contribution in [1.29, 1.82) is 0 Å². The minimum Gasteiger partial charge on any atom is -0.310 e. The van der Waals surface area contributed by atoms with E-state index in [1.165, 1.54) is 56.9 Å². The molecule has 1 aromatic carbocycles. The van der Waals surface area contributed by atoms with Crippen LogP contribution in [0.3, 0.4) is 0 Å². The molecule has 1 unspecified atom stereocenters. The van der Waals surface area contributed by atoms with Crippen LogP contribution in [0.5, 0.6) is 0 Å². The summed E-state index contributed by atoms with van der Waals surface area (Å²) in [5.41, 5.74) is 3.03.